The number of fused-ring (bicyclic) bond motifs is 1. The number of H-pyrrole nitrogens is 2. The standard InChI is InChI=1S/C29H33N7O2/c1-20-16-23(36-12-10-35(11-13-36)14-15-38-2)18-25-27(20)34-28(33-25)26-24(7-9-32-29(26)37)31-8-6-21-4-3-5-22(17-21)19-30/h3-5,7,9,16-18H,6,8,10-15H2,1-2H3,(H,33,34)(H2,31,32,37). The van der Waals surface area contributed by atoms with Crippen molar-refractivity contribution in [3.8, 4) is 17.5 Å². The molecule has 5 rings (SSSR count). The lowest BCUT2D eigenvalue weighted by Gasteiger charge is -2.36. The predicted molar refractivity (Wildman–Crippen MR) is 151 cm³/mol. The Kier molecular flexibility index (Phi) is 7.73. The SMILES string of the molecule is COCCN1CCN(c2cc(C)c3nc(-c4c(NCCc5cccc(C#N)c5)cc[nH]c4=O)[nH]c3c2)CC1. The van der Waals surface area contributed by atoms with Gasteiger partial charge in [0, 0.05) is 58.3 Å². The van der Waals surface area contributed by atoms with E-state index in [9.17, 15) is 4.79 Å². The first-order valence-electron chi connectivity index (χ1n) is 13.0. The summed E-state index contributed by atoms with van der Waals surface area (Å²) in [7, 11) is 1.74. The molecule has 4 aromatic rings. The minimum absolute atomic E-state index is 0.203. The molecule has 1 fully saturated rings. The van der Waals surface area contributed by atoms with E-state index in [1.165, 1.54) is 0 Å². The molecule has 2 aromatic heterocycles. The fourth-order valence-corrected chi connectivity index (χ4v) is 5.02. The number of anilines is 2. The maximum Gasteiger partial charge on any atom is 0.261 e. The van der Waals surface area contributed by atoms with Gasteiger partial charge in [-0.15, -0.1) is 0 Å². The van der Waals surface area contributed by atoms with E-state index < -0.39 is 0 Å². The highest BCUT2D eigenvalue weighted by atomic mass is 16.5. The highest BCUT2D eigenvalue weighted by Gasteiger charge is 2.20. The number of benzene rings is 2. The van der Waals surface area contributed by atoms with Crippen molar-refractivity contribution in [1.82, 2.24) is 19.9 Å². The van der Waals surface area contributed by atoms with Gasteiger partial charge in [-0.1, -0.05) is 12.1 Å². The van der Waals surface area contributed by atoms with Gasteiger partial charge in [-0.05, 0) is 54.8 Å². The van der Waals surface area contributed by atoms with Crippen LogP contribution in [0.25, 0.3) is 22.4 Å². The molecule has 0 aliphatic carbocycles. The number of aromatic nitrogens is 3. The molecular weight excluding hydrogens is 478 g/mol. The number of nitrogens with zero attached hydrogens (tertiary/aromatic N) is 4. The molecule has 1 saturated heterocycles. The third-order valence-electron chi connectivity index (χ3n) is 7.09. The third-order valence-corrected chi connectivity index (χ3v) is 7.09. The van der Waals surface area contributed by atoms with Crippen LogP contribution in [-0.2, 0) is 11.2 Å². The average molecular weight is 512 g/mol. The number of ether oxygens (including phenoxy) is 1. The van der Waals surface area contributed by atoms with Crippen molar-refractivity contribution in [2.45, 2.75) is 13.3 Å². The van der Waals surface area contributed by atoms with Crippen LogP contribution in [0.15, 0.2) is 53.5 Å². The molecule has 196 valence electrons. The van der Waals surface area contributed by atoms with Gasteiger partial charge in [-0.3, -0.25) is 9.69 Å². The van der Waals surface area contributed by atoms with Gasteiger partial charge in [0.1, 0.15) is 11.4 Å². The zero-order valence-corrected chi connectivity index (χ0v) is 21.9. The summed E-state index contributed by atoms with van der Waals surface area (Å²) in [4.78, 5) is 28.8. The second kappa shape index (κ2) is 11.5. The second-order valence-electron chi connectivity index (χ2n) is 9.65. The zero-order chi connectivity index (χ0) is 26.5. The minimum atomic E-state index is -0.203. The number of imidazole rings is 1. The Balaban J connectivity index is 1.35. The molecule has 1 aliphatic rings. The van der Waals surface area contributed by atoms with Gasteiger partial charge in [0.2, 0.25) is 0 Å². The fraction of sp³-hybridized carbons (Fsp3) is 0.345. The molecule has 0 amide bonds. The highest BCUT2D eigenvalue weighted by Crippen LogP contribution is 2.29. The van der Waals surface area contributed by atoms with E-state index in [1.54, 1.807) is 19.4 Å². The molecule has 0 radical (unpaired) electrons. The molecule has 1 aliphatic heterocycles. The zero-order valence-electron chi connectivity index (χ0n) is 21.9. The van der Waals surface area contributed by atoms with Crippen molar-refractivity contribution >= 4 is 22.4 Å². The van der Waals surface area contributed by atoms with Gasteiger partial charge in [-0.25, -0.2) is 4.98 Å². The smallest absolute Gasteiger partial charge is 0.261 e. The number of hydrogen-bond donors (Lipinski definition) is 3. The minimum Gasteiger partial charge on any atom is -0.384 e. The van der Waals surface area contributed by atoms with Crippen LogP contribution in [0, 0.1) is 18.3 Å². The first-order valence-corrected chi connectivity index (χ1v) is 13.0. The molecule has 0 spiro atoms. The lowest BCUT2D eigenvalue weighted by molar-refractivity contribution is 0.144. The maximum absolute atomic E-state index is 12.9. The van der Waals surface area contributed by atoms with E-state index in [4.69, 9.17) is 15.0 Å². The Morgan fingerprint density at radius 2 is 2.00 bits per heavy atom. The number of pyridine rings is 1. The Hall–Kier alpha value is -4.13. The van der Waals surface area contributed by atoms with Gasteiger partial charge in [-0.2, -0.15) is 5.26 Å². The van der Waals surface area contributed by atoms with E-state index in [0.717, 1.165) is 73.6 Å². The van der Waals surface area contributed by atoms with Crippen molar-refractivity contribution in [3.63, 3.8) is 0 Å². The summed E-state index contributed by atoms with van der Waals surface area (Å²) in [5, 5.41) is 12.5. The molecule has 0 atom stereocenters. The second-order valence-corrected chi connectivity index (χ2v) is 9.65. The lowest BCUT2D eigenvalue weighted by Crippen LogP contribution is -2.47. The van der Waals surface area contributed by atoms with Crippen molar-refractivity contribution in [3.05, 3.63) is 75.7 Å². The molecule has 0 unspecified atom stereocenters. The number of piperazine rings is 1. The molecular formula is C29H33N7O2. The monoisotopic (exact) mass is 511 g/mol. The number of nitrogens with one attached hydrogen (secondary N) is 3. The Labute approximate surface area is 222 Å². The predicted octanol–water partition coefficient (Wildman–Crippen LogP) is 3.52. The molecule has 3 heterocycles. The van der Waals surface area contributed by atoms with Crippen LogP contribution in [0.1, 0.15) is 16.7 Å². The van der Waals surface area contributed by atoms with E-state index in [-0.39, 0.29) is 5.56 Å². The third kappa shape index (κ3) is 5.57. The summed E-state index contributed by atoms with van der Waals surface area (Å²) in [6.07, 6.45) is 2.37. The fourth-order valence-electron chi connectivity index (χ4n) is 5.02. The number of rotatable bonds is 9. The van der Waals surface area contributed by atoms with Crippen LogP contribution in [0.2, 0.25) is 0 Å². The molecule has 38 heavy (non-hydrogen) atoms. The van der Waals surface area contributed by atoms with Gasteiger partial charge in [0.05, 0.1) is 35.0 Å². The van der Waals surface area contributed by atoms with Crippen LogP contribution in [0.3, 0.4) is 0 Å². The van der Waals surface area contributed by atoms with Crippen LogP contribution in [-0.4, -0.2) is 72.8 Å². The number of hydrogen-bond acceptors (Lipinski definition) is 7. The molecule has 2 aromatic carbocycles. The molecule has 0 saturated carbocycles. The Morgan fingerprint density at radius 1 is 1.16 bits per heavy atom. The first kappa shape index (κ1) is 25.5. The summed E-state index contributed by atoms with van der Waals surface area (Å²) in [6, 6.07) is 15.9. The van der Waals surface area contributed by atoms with Crippen molar-refractivity contribution < 1.29 is 4.74 Å². The topological polar surface area (TPSA) is 113 Å². The van der Waals surface area contributed by atoms with Gasteiger partial charge in [0.25, 0.3) is 5.56 Å². The molecule has 9 heteroatoms. The van der Waals surface area contributed by atoms with E-state index in [1.807, 2.05) is 24.3 Å². The Bertz CT molecular complexity index is 1510. The summed E-state index contributed by atoms with van der Waals surface area (Å²) < 4.78 is 5.22. The number of aryl methyl sites for hydroxylation is 1. The number of aromatic amines is 2. The largest absolute Gasteiger partial charge is 0.384 e. The first-order chi connectivity index (χ1) is 18.6. The van der Waals surface area contributed by atoms with Gasteiger partial charge < -0.3 is 24.9 Å². The molecule has 3 N–H and O–H groups in total. The van der Waals surface area contributed by atoms with Crippen LogP contribution >= 0.6 is 0 Å². The quantitative estimate of drug-likeness (QED) is 0.315. The Morgan fingerprint density at radius 3 is 2.79 bits per heavy atom. The van der Waals surface area contributed by atoms with E-state index in [2.05, 4.69) is 50.2 Å². The molecule has 9 nitrogen and oxygen atoms in total. The highest BCUT2D eigenvalue weighted by molar-refractivity contribution is 5.87. The van der Waals surface area contributed by atoms with Crippen LogP contribution < -0.4 is 15.8 Å². The van der Waals surface area contributed by atoms with E-state index >= 15 is 0 Å². The summed E-state index contributed by atoms with van der Waals surface area (Å²) >= 11 is 0. The van der Waals surface area contributed by atoms with Crippen molar-refractivity contribution in [2.24, 2.45) is 0 Å². The summed E-state index contributed by atoms with van der Waals surface area (Å²) in [5.74, 6) is 0.542. The summed E-state index contributed by atoms with van der Waals surface area (Å²) in [5.41, 5.74) is 6.72. The van der Waals surface area contributed by atoms with Gasteiger partial charge in [0.15, 0.2) is 0 Å². The van der Waals surface area contributed by atoms with Crippen LogP contribution in [0.5, 0.6) is 0 Å². The van der Waals surface area contributed by atoms with Gasteiger partial charge >= 0.3 is 0 Å². The average Bonchev–Trinajstić information content (AvgIpc) is 3.37. The van der Waals surface area contributed by atoms with Crippen molar-refractivity contribution in [1.29, 1.82) is 5.26 Å². The van der Waals surface area contributed by atoms with Crippen LogP contribution in [0.4, 0.5) is 11.4 Å². The maximum atomic E-state index is 12.9. The lowest BCUT2D eigenvalue weighted by atomic mass is 10.1. The normalized spacial score (nSPS) is 14.1. The van der Waals surface area contributed by atoms with E-state index in [0.29, 0.717) is 29.2 Å². The summed E-state index contributed by atoms with van der Waals surface area (Å²) in [6.45, 7) is 8.32. The molecule has 0 bridgehead atoms. The number of nitriles is 1. The number of methoxy groups -OCH3 is 1. The van der Waals surface area contributed by atoms with Crippen molar-refractivity contribution in [2.75, 3.05) is 63.2 Å².